The molecule has 1 saturated heterocycles. The van der Waals surface area contributed by atoms with E-state index in [4.69, 9.17) is 5.11 Å². The monoisotopic (exact) mass is 215 g/mol. The number of piperidine rings is 1. The topological polar surface area (TPSA) is 66.8 Å². The molecule has 5 nitrogen and oxygen atoms in total. The van der Waals surface area contributed by atoms with Crippen molar-refractivity contribution in [3.8, 4) is 0 Å². The summed E-state index contributed by atoms with van der Waals surface area (Å²) in [5, 5.41) is 9.01. The van der Waals surface area contributed by atoms with Gasteiger partial charge in [0.05, 0.1) is 19.4 Å². The summed E-state index contributed by atoms with van der Waals surface area (Å²) in [7, 11) is 3.26. The molecule has 1 rings (SSSR count). The van der Waals surface area contributed by atoms with E-state index in [9.17, 15) is 9.59 Å². The average Bonchev–Trinajstić information content (AvgIpc) is 2.17. The molecular weight excluding hydrogens is 198 g/mol. The zero-order valence-electron chi connectivity index (χ0n) is 9.10. The molecule has 86 valence electrons. The van der Waals surface area contributed by atoms with Crippen LogP contribution in [0.4, 0.5) is 0 Å². The van der Waals surface area contributed by atoms with Crippen LogP contribution < -0.4 is 0 Å². The summed E-state index contributed by atoms with van der Waals surface area (Å²) in [6.45, 7) is 1.42. The Labute approximate surface area is 89.0 Å². The first kappa shape index (κ1) is 12.0. The number of carbonyl (C=O) groups excluding carboxylic acids is 1. The molecular formula is C10H17NO4. The number of rotatable bonds is 3. The van der Waals surface area contributed by atoms with Gasteiger partial charge in [0.25, 0.3) is 0 Å². The van der Waals surface area contributed by atoms with Crippen molar-refractivity contribution in [3.05, 3.63) is 0 Å². The number of nitrogens with zero attached hydrogens (tertiary/aromatic N) is 1. The molecule has 15 heavy (non-hydrogen) atoms. The van der Waals surface area contributed by atoms with E-state index in [0.29, 0.717) is 13.0 Å². The first-order valence-corrected chi connectivity index (χ1v) is 5.02. The Morgan fingerprint density at radius 1 is 1.53 bits per heavy atom. The maximum Gasteiger partial charge on any atom is 0.306 e. The van der Waals surface area contributed by atoms with Crippen molar-refractivity contribution in [1.29, 1.82) is 0 Å². The highest BCUT2D eigenvalue weighted by Gasteiger charge is 2.34. The molecule has 5 heteroatoms. The molecule has 1 aliphatic heterocycles. The number of methoxy groups -OCH3 is 1. The molecule has 0 saturated carbocycles. The van der Waals surface area contributed by atoms with Gasteiger partial charge in [0, 0.05) is 6.54 Å². The first-order chi connectivity index (χ1) is 7.04. The fourth-order valence-corrected chi connectivity index (χ4v) is 2.04. The van der Waals surface area contributed by atoms with E-state index in [-0.39, 0.29) is 18.3 Å². The summed E-state index contributed by atoms with van der Waals surface area (Å²) in [4.78, 5) is 24.1. The highest BCUT2D eigenvalue weighted by molar-refractivity contribution is 5.74. The third-order valence-electron chi connectivity index (χ3n) is 2.91. The largest absolute Gasteiger partial charge is 0.481 e. The number of esters is 1. The van der Waals surface area contributed by atoms with Crippen LogP contribution >= 0.6 is 0 Å². The number of carboxylic acid groups (broad SMARTS) is 1. The molecule has 1 heterocycles. The lowest BCUT2D eigenvalue weighted by Gasteiger charge is -2.33. The molecule has 0 radical (unpaired) electrons. The second-order valence-electron chi connectivity index (χ2n) is 4.04. The minimum absolute atomic E-state index is 0.131. The van der Waals surface area contributed by atoms with E-state index < -0.39 is 11.9 Å². The molecule has 1 fully saturated rings. The van der Waals surface area contributed by atoms with E-state index >= 15 is 0 Å². The molecule has 1 N–H and O–H groups in total. The molecule has 0 aromatic heterocycles. The van der Waals surface area contributed by atoms with Gasteiger partial charge in [-0.2, -0.15) is 0 Å². The van der Waals surface area contributed by atoms with Crippen molar-refractivity contribution in [3.63, 3.8) is 0 Å². The summed E-state index contributed by atoms with van der Waals surface area (Å²) < 4.78 is 4.57. The minimum Gasteiger partial charge on any atom is -0.481 e. The van der Waals surface area contributed by atoms with Crippen molar-refractivity contribution in [2.45, 2.75) is 12.8 Å². The number of aliphatic carboxylic acids is 1. The fourth-order valence-electron chi connectivity index (χ4n) is 2.04. The molecule has 0 unspecified atom stereocenters. The molecule has 0 amide bonds. The Bertz CT molecular complexity index is 254. The van der Waals surface area contributed by atoms with Gasteiger partial charge in [0.15, 0.2) is 0 Å². The second-order valence-corrected chi connectivity index (χ2v) is 4.04. The van der Waals surface area contributed by atoms with Gasteiger partial charge in [0.2, 0.25) is 0 Å². The lowest BCUT2D eigenvalue weighted by atomic mass is 9.83. The molecule has 0 aromatic rings. The van der Waals surface area contributed by atoms with Gasteiger partial charge in [-0.25, -0.2) is 0 Å². The number of hydrogen-bond acceptors (Lipinski definition) is 4. The van der Waals surface area contributed by atoms with Crippen LogP contribution in [0.1, 0.15) is 12.8 Å². The molecule has 1 aliphatic rings. The lowest BCUT2D eigenvalue weighted by molar-refractivity contribution is -0.148. The third-order valence-corrected chi connectivity index (χ3v) is 2.91. The number of ether oxygens (including phenoxy) is 1. The van der Waals surface area contributed by atoms with Crippen LogP contribution in [0.25, 0.3) is 0 Å². The summed E-state index contributed by atoms with van der Waals surface area (Å²) in [6, 6.07) is 0. The Morgan fingerprint density at radius 2 is 2.20 bits per heavy atom. The maximum atomic E-state index is 11.1. The molecule has 0 spiro atoms. The lowest BCUT2D eigenvalue weighted by Crippen LogP contribution is -2.42. The Hall–Kier alpha value is -1.10. The van der Waals surface area contributed by atoms with Crippen LogP contribution in [0.5, 0.6) is 0 Å². The number of carbonyl (C=O) groups is 2. The average molecular weight is 215 g/mol. The summed E-state index contributed by atoms with van der Waals surface area (Å²) in [6.07, 6.45) is 0.797. The smallest absolute Gasteiger partial charge is 0.306 e. The van der Waals surface area contributed by atoms with E-state index in [1.54, 1.807) is 0 Å². The Balaban J connectivity index is 2.61. The summed E-state index contributed by atoms with van der Waals surface area (Å²) in [5.74, 6) is -1.69. The van der Waals surface area contributed by atoms with Crippen LogP contribution in [0.2, 0.25) is 0 Å². The van der Waals surface area contributed by atoms with E-state index in [1.165, 1.54) is 7.11 Å². The third kappa shape index (κ3) is 3.20. The zero-order chi connectivity index (χ0) is 11.4. The molecule has 0 bridgehead atoms. The van der Waals surface area contributed by atoms with Gasteiger partial charge in [-0.3, -0.25) is 9.59 Å². The van der Waals surface area contributed by atoms with Gasteiger partial charge in [0.1, 0.15) is 0 Å². The van der Waals surface area contributed by atoms with Gasteiger partial charge in [-0.1, -0.05) is 0 Å². The van der Waals surface area contributed by atoms with Gasteiger partial charge >= 0.3 is 11.9 Å². The Kier molecular flexibility index (Phi) is 4.08. The van der Waals surface area contributed by atoms with Crippen LogP contribution in [0.3, 0.4) is 0 Å². The molecule has 2 atom stereocenters. The van der Waals surface area contributed by atoms with Crippen LogP contribution in [-0.2, 0) is 14.3 Å². The van der Waals surface area contributed by atoms with Crippen molar-refractivity contribution in [2.24, 2.45) is 11.8 Å². The summed E-state index contributed by atoms with van der Waals surface area (Å²) >= 11 is 0. The van der Waals surface area contributed by atoms with Gasteiger partial charge < -0.3 is 14.7 Å². The quantitative estimate of drug-likeness (QED) is 0.681. The maximum absolute atomic E-state index is 11.1. The van der Waals surface area contributed by atoms with Crippen LogP contribution in [0, 0.1) is 11.8 Å². The zero-order valence-corrected chi connectivity index (χ0v) is 9.10. The van der Waals surface area contributed by atoms with Crippen molar-refractivity contribution >= 4 is 11.9 Å². The minimum atomic E-state index is -0.808. The number of carboxylic acids is 1. The predicted molar refractivity (Wildman–Crippen MR) is 53.4 cm³/mol. The van der Waals surface area contributed by atoms with Crippen LogP contribution in [0.15, 0.2) is 0 Å². The first-order valence-electron chi connectivity index (χ1n) is 5.02. The Morgan fingerprint density at radius 3 is 2.73 bits per heavy atom. The highest BCUT2D eigenvalue weighted by atomic mass is 16.5. The second kappa shape index (κ2) is 5.11. The van der Waals surface area contributed by atoms with Crippen molar-refractivity contribution in [1.82, 2.24) is 4.90 Å². The standard InChI is InChI=1S/C10H17NO4/c1-11-4-3-8(10(13)14)7(6-11)5-9(12)15-2/h7-8H,3-6H2,1-2H3,(H,13,14)/t7-,8+/m0/s1. The number of hydrogen-bond donors (Lipinski definition) is 1. The molecule has 0 aliphatic carbocycles. The summed E-state index contributed by atoms with van der Waals surface area (Å²) in [5.41, 5.74) is 0. The van der Waals surface area contributed by atoms with E-state index in [2.05, 4.69) is 4.74 Å². The number of likely N-dealkylation sites (tertiary alicyclic amines) is 1. The van der Waals surface area contributed by atoms with E-state index in [1.807, 2.05) is 11.9 Å². The van der Waals surface area contributed by atoms with Gasteiger partial charge in [-0.05, 0) is 25.9 Å². The van der Waals surface area contributed by atoms with Crippen LogP contribution in [-0.4, -0.2) is 49.2 Å². The van der Waals surface area contributed by atoms with Crippen molar-refractivity contribution in [2.75, 3.05) is 27.2 Å². The van der Waals surface area contributed by atoms with Crippen molar-refractivity contribution < 1.29 is 19.4 Å². The SMILES string of the molecule is COC(=O)C[C@H]1CN(C)CC[C@H]1C(=O)O. The fraction of sp³-hybridized carbons (Fsp3) is 0.800. The predicted octanol–water partition coefficient (Wildman–Crippen LogP) is 0.202. The highest BCUT2D eigenvalue weighted by Crippen LogP contribution is 2.26. The molecule has 0 aromatic carbocycles. The van der Waals surface area contributed by atoms with Gasteiger partial charge in [-0.15, -0.1) is 0 Å². The van der Waals surface area contributed by atoms with E-state index in [0.717, 1.165) is 6.54 Å². The normalized spacial score (nSPS) is 27.3.